The first kappa shape index (κ1) is 19.9. The summed E-state index contributed by atoms with van der Waals surface area (Å²) in [4.78, 5) is 31.7. The van der Waals surface area contributed by atoms with Crippen LogP contribution in [0.2, 0.25) is 0 Å². The lowest BCUT2D eigenvalue weighted by atomic mass is 10.1. The average molecular weight is 384 g/mol. The molecular formula is C20H24N4O4. The maximum absolute atomic E-state index is 13.1. The molecule has 28 heavy (non-hydrogen) atoms. The molecule has 0 radical (unpaired) electrons. The van der Waals surface area contributed by atoms with Crippen LogP contribution in [0.15, 0.2) is 48.8 Å². The van der Waals surface area contributed by atoms with Gasteiger partial charge in [0, 0.05) is 62.8 Å². The van der Waals surface area contributed by atoms with E-state index in [0.717, 1.165) is 44.8 Å². The van der Waals surface area contributed by atoms with E-state index in [1.807, 2.05) is 12.1 Å². The van der Waals surface area contributed by atoms with E-state index in [2.05, 4.69) is 9.88 Å². The molecule has 0 atom stereocenters. The molecule has 2 aromatic rings. The van der Waals surface area contributed by atoms with Crippen molar-refractivity contribution in [2.24, 2.45) is 0 Å². The number of morpholine rings is 1. The Labute approximate surface area is 163 Å². The van der Waals surface area contributed by atoms with Gasteiger partial charge in [-0.2, -0.15) is 0 Å². The number of nitrogens with zero attached hydrogens (tertiary/aromatic N) is 4. The van der Waals surface area contributed by atoms with Crippen LogP contribution in [0.25, 0.3) is 0 Å². The van der Waals surface area contributed by atoms with Crippen LogP contribution < -0.4 is 0 Å². The van der Waals surface area contributed by atoms with E-state index in [1.165, 1.54) is 12.1 Å². The highest BCUT2D eigenvalue weighted by molar-refractivity contribution is 5.94. The minimum atomic E-state index is -0.484. The van der Waals surface area contributed by atoms with Crippen LogP contribution in [0.5, 0.6) is 0 Å². The van der Waals surface area contributed by atoms with Crippen LogP contribution in [0.1, 0.15) is 22.3 Å². The van der Waals surface area contributed by atoms with E-state index in [4.69, 9.17) is 4.74 Å². The molecule has 1 aliphatic heterocycles. The number of amides is 1. The van der Waals surface area contributed by atoms with Gasteiger partial charge in [-0.3, -0.25) is 24.8 Å². The predicted octanol–water partition coefficient (Wildman–Crippen LogP) is 2.35. The molecule has 1 aromatic heterocycles. The van der Waals surface area contributed by atoms with Crippen molar-refractivity contribution in [2.45, 2.75) is 13.0 Å². The quantitative estimate of drug-likeness (QED) is 0.513. The van der Waals surface area contributed by atoms with Crippen LogP contribution >= 0.6 is 0 Å². The van der Waals surface area contributed by atoms with E-state index in [-0.39, 0.29) is 11.6 Å². The van der Waals surface area contributed by atoms with Crippen molar-refractivity contribution in [3.05, 3.63) is 70.0 Å². The number of carbonyl (C=O) groups is 1. The van der Waals surface area contributed by atoms with Crippen molar-refractivity contribution in [3.8, 4) is 0 Å². The van der Waals surface area contributed by atoms with Gasteiger partial charge in [-0.25, -0.2) is 0 Å². The smallest absolute Gasteiger partial charge is 0.270 e. The van der Waals surface area contributed by atoms with Crippen molar-refractivity contribution in [1.29, 1.82) is 0 Å². The number of non-ortho nitro benzene ring substituents is 1. The number of aromatic nitrogens is 1. The normalized spacial score (nSPS) is 14.6. The molecule has 1 aliphatic rings. The molecular weight excluding hydrogens is 360 g/mol. The van der Waals surface area contributed by atoms with Gasteiger partial charge in [-0.1, -0.05) is 6.07 Å². The van der Waals surface area contributed by atoms with Gasteiger partial charge in [-0.15, -0.1) is 0 Å². The highest BCUT2D eigenvalue weighted by atomic mass is 16.6. The third-order valence-corrected chi connectivity index (χ3v) is 4.72. The molecule has 0 spiro atoms. The Kier molecular flexibility index (Phi) is 7.05. The van der Waals surface area contributed by atoms with Crippen LogP contribution in [0.3, 0.4) is 0 Å². The Morgan fingerprint density at radius 2 is 1.96 bits per heavy atom. The van der Waals surface area contributed by atoms with Crippen molar-refractivity contribution in [2.75, 3.05) is 39.4 Å². The Balaban J connectivity index is 1.70. The van der Waals surface area contributed by atoms with Crippen molar-refractivity contribution >= 4 is 11.6 Å². The summed E-state index contributed by atoms with van der Waals surface area (Å²) in [5.41, 5.74) is 1.22. The maximum Gasteiger partial charge on any atom is 0.270 e. The third kappa shape index (κ3) is 5.58. The summed E-state index contributed by atoms with van der Waals surface area (Å²) in [6, 6.07) is 9.64. The first-order chi connectivity index (χ1) is 13.6. The topological polar surface area (TPSA) is 88.8 Å². The highest BCUT2D eigenvalue weighted by Crippen LogP contribution is 2.16. The van der Waals surface area contributed by atoms with Gasteiger partial charge in [0.1, 0.15) is 0 Å². The van der Waals surface area contributed by atoms with Crippen LogP contribution in [0, 0.1) is 10.1 Å². The van der Waals surface area contributed by atoms with Gasteiger partial charge in [0.15, 0.2) is 0 Å². The lowest BCUT2D eigenvalue weighted by Gasteiger charge is -2.28. The van der Waals surface area contributed by atoms with Gasteiger partial charge >= 0.3 is 0 Å². The SMILES string of the molecule is O=C(c1cccc([N+](=O)[O-])c1)N(CCCN1CCOCC1)Cc1ccncc1. The zero-order valence-corrected chi connectivity index (χ0v) is 15.7. The summed E-state index contributed by atoms with van der Waals surface area (Å²) in [6.45, 7) is 5.19. The summed E-state index contributed by atoms with van der Waals surface area (Å²) in [7, 11) is 0. The van der Waals surface area contributed by atoms with Crippen molar-refractivity contribution in [1.82, 2.24) is 14.8 Å². The van der Waals surface area contributed by atoms with Gasteiger partial charge in [0.2, 0.25) is 0 Å². The largest absolute Gasteiger partial charge is 0.379 e. The zero-order valence-electron chi connectivity index (χ0n) is 15.7. The molecule has 0 aliphatic carbocycles. The Morgan fingerprint density at radius 1 is 1.21 bits per heavy atom. The fourth-order valence-corrected chi connectivity index (χ4v) is 3.21. The van der Waals surface area contributed by atoms with Crippen LogP contribution in [0.4, 0.5) is 5.69 Å². The van der Waals surface area contributed by atoms with E-state index in [1.54, 1.807) is 29.4 Å². The average Bonchev–Trinajstić information content (AvgIpc) is 2.74. The number of hydrogen-bond acceptors (Lipinski definition) is 6. The monoisotopic (exact) mass is 384 g/mol. The molecule has 148 valence electrons. The second-order valence-corrected chi connectivity index (χ2v) is 6.70. The minimum Gasteiger partial charge on any atom is -0.379 e. The van der Waals surface area contributed by atoms with E-state index >= 15 is 0 Å². The van der Waals surface area contributed by atoms with E-state index < -0.39 is 4.92 Å². The molecule has 1 aromatic carbocycles. The van der Waals surface area contributed by atoms with Gasteiger partial charge < -0.3 is 9.64 Å². The predicted molar refractivity (Wildman–Crippen MR) is 104 cm³/mol. The van der Waals surface area contributed by atoms with Crippen LogP contribution in [-0.4, -0.2) is 65.0 Å². The molecule has 0 unspecified atom stereocenters. The number of carbonyl (C=O) groups excluding carboxylic acids is 1. The second kappa shape index (κ2) is 9.91. The van der Waals surface area contributed by atoms with Crippen molar-refractivity contribution < 1.29 is 14.5 Å². The van der Waals surface area contributed by atoms with Crippen molar-refractivity contribution in [3.63, 3.8) is 0 Å². The number of hydrogen-bond donors (Lipinski definition) is 0. The molecule has 0 saturated carbocycles. The van der Waals surface area contributed by atoms with Gasteiger partial charge in [0.05, 0.1) is 18.1 Å². The number of ether oxygens (including phenoxy) is 1. The fourth-order valence-electron chi connectivity index (χ4n) is 3.21. The van der Waals surface area contributed by atoms with E-state index in [9.17, 15) is 14.9 Å². The molecule has 1 saturated heterocycles. The molecule has 2 heterocycles. The molecule has 0 N–H and O–H groups in total. The Bertz CT molecular complexity index is 794. The summed E-state index contributed by atoms with van der Waals surface area (Å²) in [5.74, 6) is -0.206. The Hall–Kier alpha value is -2.84. The molecule has 3 rings (SSSR count). The lowest BCUT2D eigenvalue weighted by molar-refractivity contribution is -0.384. The van der Waals surface area contributed by atoms with E-state index in [0.29, 0.717) is 18.7 Å². The fraction of sp³-hybridized carbons (Fsp3) is 0.400. The minimum absolute atomic E-state index is 0.0805. The summed E-state index contributed by atoms with van der Waals surface area (Å²) in [6.07, 6.45) is 4.21. The van der Waals surface area contributed by atoms with Gasteiger partial charge in [-0.05, 0) is 30.2 Å². The summed E-state index contributed by atoms with van der Waals surface area (Å²) in [5, 5.41) is 11.0. The van der Waals surface area contributed by atoms with Crippen LogP contribution in [-0.2, 0) is 11.3 Å². The summed E-state index contributed by atoms with van der Waals surface area (Å²) < 4.78 is 5.37. The number of nitro groups is 1. The molecule has 1 amide bonds. The maximum atomic E-state index is 13.1. The standard InChI is InChI=1S/C20H24N4O4/c25-20(18-3-1-4-19(15-18)24(26)27)23(16-17-5-7-21-8-6-17)10-2-9-22-11-13-28-14-12-22/h1,3-8,15H,2,9-14,16H2. The second-order valence-electron chi connectivity index (χ2n) is 6.70. The number of nitro benzene ring substituents is 1. The highest BCUT2D eigenvalue weighted by Gasteiger charge is 2.19. The Morgan fingerprint density at radius 3 is 2.68 bits per heavy atom. The molecule has 8 nitrogen and oxygen atoms in total. The third-order valence-electron chi connectivity index (χ3n) is 4.72. The lowest BCUT2D eigenvalue weighted by Crippen LogP contribution is -2.39. The molecule has 1 fully saturated rings. The zero-order chi connectivity index (χ0) is 19.8. The summed E-state index contributed by atoms with van der Waals surface area (Å²) >= 11 is 0. The molecule has 0 bridgehead atoms. The number of pyridine rings is 1. The van der Waals surface area contributed by atoms with Gasteiger partial charge in [0.25, 0.3) is 11.6 Å². The first-order valence-electron chi connectivity index (χ1n) is 9.36. The number of benzene rings is 1. The molecule has 8 heteroatoms. The first-order valence-corrected chi connectivity index (χ1v) is 9.36. The number of rotatable bonds is 8.